The van der Waals surface area contributed by atoms with Gasteiger partial charge in [-0.3, -0.25) is 9.59 Å². The van der Waals surface area contributed by atoms with Gasteiger partial charge >= 0.3 is 0 Å². The Hall–Kier alpha value is -1.78. The summed E-state index contributed by atoms with van der Waals surface area (Å²) >= 11 is 0. The molecule has 3 heterocycles. The zero-order valence-electron chi connectivity index (χ0n) is 16.4. The third-order valence-electron chi connectivity index (χ3n) is 6.43. The van der Waals surface area contributed by atoms with E-state index in [9.17, 15) is 18.0 Å². The lowest BCUT2D eigenvalue weighted by atomic mass is 9.85. The number of hydrogen-bond donors (Lipinski definition) is 1. The van der Waals surface area contributed by atoms with Crippen LogP contribution in [0.5, 0.6) is 0 Å². The Kier molecular flexibility index (Phi) is 4.83. The molecule has 1 spiro atoms. The Bertz CT molecular complexity index is 876. The summed E-state index contributed by atoms with van der Waals surface area (Å²) in [6.07, 6.45) is 3.99. The molecule has 3 fully saturated rings. The number of likely N-dealkylation sites (tertiary alicyclic amines) is 1. The largest absolute Gasteiger partial charge is 0.360 e. The third-order valence-corrected chi connectivity index (χ3v) is 8.57. The predicted molar refractivity (Wildman–Crippen MR) is 97.7 cm³/mol. The van der Waals surface area contributed by atoms with Crippen LogP contribution in [0.3, 0.4) is 0 Å². The van der Waals surface area contributed by atoms with E-state index in [1.807, 2.05) is 0 Å². The van der Waals surface area contributed by atoms with Gasteiger partial charge in [0.25, 0.3) is 0 Å². The Morgan fingerprint density at radius 1 is 1.14 bits per heavy atom. The fourth-order valence-corrected chi connectivity index (χ4v) is 6.59. The van der Waals surface area contributed by atoms with E-state index in [1.165, 1.54) is 9.21 Å². The minimum atomic E-state index is -3.65. The smallest absolute Gasteiger partial charge is 0.248 e. The lowest BCUT2D eigenvalue weighted by molar-refractivity contribution is -0.910. The van der Waals surface area contributed by atoms with Crippen LogP contribution in [0.4, 0.5) is 0 Å². The molecule has 28 heavy (non-hydrogen) atoms. The SMILES string of the molecule is Cc1noc(C)c1S(=O)(=O)N1CC[NH+](CN2C(=O)CC3(CCCC3)C2=O)CC1. The molecule has 9 nitrogen and oxygen atoms in total. The Morgan fingerprint density at radius 3 is 2.36 bits per heavy atom. The maximum absolute atomic E-state index is 12.9. The summed E-state index contributed by atoms with van der Waals surface area (Å²) in [6, 6.07) is 0. The van der Waals surface area contributed by atoms with Crippen molar-refractivity contribution in [1.82, 2.24) is 14.4 Å². The molecule has 2 amide bonds. The van der Waals surface area contributed by atoms with Crippen LogP contribution >= 0.6 is 0 Å². The molecule has 0 atom stereocenters. The molecule has 1 aromatic rings. The van der Waals surface area contributed by atoms with Crippen LogP contribution in [0.15, 0.2) is 9.42 Å². The van der Waals surface area contributed by atoms with Gasteiger partial charge in [-0.1, -0.05) is 18.0 Å². The van der Waals surface area contributed by atoms with Gasteiger partial charge in [0.1, 0.15) is 10.6 Å². The van der Waals surface area contributed by atoms with Gasteiger partial charge in [-0.15, -0.1) is 0 Å². The van der Waals surface area contributed by atoms with Gasteiger partial charge in [0.05, 0.1) is 31.6 Å². The second-order valence-corrected chi connectivity index (χ2v) is 10.1. The van der Waals surface area contributed by atoms with Crippen molar-refractivity contribution < 1.29 is 27.4 Å². The molecule has 4 rings (SSSR count). The van der Waals surface area contributed by atoms with E-state index in [0.717, 1.165) is 30.6 Å². The quantitative estimate of drug-likeness (QED) is 0.667. The summed E-state index contributed by atoms with van der Waals surface area (Å²) in [6.45, 7) is 5.32. The predicted octanol–water partition coefficient (Wildman–Crippen LogP) is -0.543. The van der Waals surface area contributed by atoms with Gasteiger partial charge in [-0.05, 0) is 26.7 Å². The summed E-state index contributed by atoms with van der Waals surface area (Å²) in [4.78, 5) is 27.9. The fraction of sp³-hybridized carbons (Fsp3) is 0.722. The minimum absolute atomic E-state index is 0.0201. The van der Waals surface area contributed by atoms with Crippen LogP contribution in [-0.2, 0) is 19.6 Å². The molecule has 2 saturated heterocycles. The van der Waals surface area contributed by atoms with Crippen LogP contribution in [0.2, 0.25) is 0 Å². The third kappa shape index (κ3) is 3.07. The molecule has 154 valence electrons. The lowest BCUT2D eigenvalue weighted by Crippen LogP contribution is -3.16. The van der Waals surface area contributed by atoms with E-state index in [2.05, 4.69) is 5.16 Å². The normalized spacial score (nSPS) is 24.0. The highest BCUT2D eigenvalue weighted by Gasteiger charge is 2.53. The molecule has 1 aliphatic carbocycles. The second-order valence-electron chi connectivity index (χ2n) is 8.26. The van der Waals surface area contributed by atoms with Crippen LogP contribution in [0.25, 0.3) is 0 Å². The highest BCUT2D eigenvalue weighted by Crippen LogP contribution is 2.46. The molecule has 0 bridgehead atoms. The van der Waals surface area contributed by atoms with E-state index in [4.69, 9.17) is 4.52 Å². The minimum Gasteiger partial charge on any atom is -0.360 e. The number of amides is 2. The summed E-state index contributed by atoms with van der Waals surface area (Å²) in [7, 11) is -3.65. The molecular weight excluding hydrogens is 384 g/mol. The molecular formula is C18H27N4O5S+. The molecule has 1 N–H and O–H groups in total. The Labute approximate surface area is 164 Å². The van der Waals surface area contributed by atoms with Crippen LogP contribution < -0.4 is 4.90 Å². The van der Waals surface area contributed by atoms with Crippen molar-refractivity contribution in [2.45, 2.75) is 50.8 Å². The number of nitrogens with zero attached hydrogens (tertiary/aromatic N) is 3. The van der Waals surface area contributed by atoms with Crippen molar-refractivity contribution in [1.29, 1.82) is 0 Å². The summed E-state index contributed by atoms with van der Waals surface area (Å²) in [5.41, 5.74) is -0.0900. The van der Waals surface area contributed by atoms with Gasteiger partial charge in [0.2, 0.25) is 21.8 Å². The first kappa shape index (κ1) is 19.5. The number of piperazine rings is 1. The number of nitrogens with one attached hydrogen (secondary N) is 1. The van der Waals surface area contributed by atoms with Crippen LogP contribution in [-0.4, -0.2) is 67.4 Å². The van der Waals surface area contributed by atoms with Gasteiger partial charge in [0, 0.05) is 6.42 Å². The van der Waals surface area contributed by atoms with E-state index in [-0.39, 0.29) is 16.7 Å². The molecule has 0 aromatic carbocycles. The molecule has 2 aliphatic heterocycles. The number of hydrogen-bond acceptors (Lipinski definition) is 6. The van der Waals surface area contributed by atoms with Gasteiger partial charge < -0.3 is 9.42 Å². The topological polar surface area (TPSA) is 105 Å². The van der Waals surface area contributed by atoms with Crippen LogP contribution in [0.1, 0.15) is 43.6 Å². The van der Waals surface area contributed by atoms with Crippen molar-refractivity contribution >= 4 is 21.8 Å². The van der Waals surface area contributed by atoms with Crippen LogP contribution in [0, 0.1) is 19.3 Å². The van der Waals surface area contributed by atoms with Crippen molar-refractivity contribution in [3.8, 4) is 0 Å². The van der Waals surface area contributed by atoms with E-state index in [0.29, 0.717) is 50.7 Å². The molecule has 0 unspecified atom stereocenters. The number of quaternary nitrogens is 1. The second kappa shape index (κ2) is 6.93. The number of carbonyl (C=O) groups excluding carboxylic acids is 2. The fourth-order valence-electron chi connectivity index (χ4n) is 4.86. The van der Waals surface area contributed by atoms with Crippen molar-refractivity contribution in [2.75, 3.05) is 32.8 Å². The zero-order chi connectivity index (χ0) is 20.1. The number of imide groups is 1. The number of rotatable bonds is 4. The maximum Gasteiger partial charge on any atom is 0.248 e. The van der Waals surface area contributed by atoms with E-state index >= 15 is 0 Å². The average Bonchev–Trinajstić information content (AvgIpc) is 3.32. The number of aryl methyl sites for hydroxylation is 2. The molecule has 0 radical (unpaired) electrons. The number of aromatic nitrogens is 1. The Morgan fingerprint density at radius 2 is 1.79 bits per heavy atom. The first-order valence-electron chi connectivity index (χ1n) is 9.86. The zero-order valence-corrected chi connectivity index (χ0v) is 17.2. The molecule has 10 heteroatoms. The van der Waals surface area contributed by atoms with Crippen molar-refractivity contribution in [2.24, 2.45) is 5.41 Å². The number of sulfonamides is 1. The van der Waals surface area contributed by atoms with Crippen molar-refractivity contribution in [3.05, 3.63) is 11.5 Å². The highest BCUT2D eigenvalue weighted by molar-refractivity contribution is 7.89. The van der Waals surface area contributed by atoms with E-state index in [1.54, 1.807) is 13.8 Å². The summed E-state index contributed by atoms with van der Waals surface area (Å²) in [5.74, 6) is 0.195. The van der Waals surface area contributed by atoms with Gasteiger partial charge in [-0.25, -0.2) is 13.3 Å². The lowest BCUT2D eigenvalue weighted by Gasteiger charge is -2.33. The maximum atomic E-state index is 12.9. The van der Waals surface area contributed by atoms with E-state index < -0.39 is 15.4 Å². The average molecular weight is 412 g/mol. The first-order valence-corrected chi connectivity index (χ1v) is 11.3. The summed E-state index contributed by atoms with van der Waals surface area (Å²) in [5, 5.41) is 3.74. The summed E-state index contributed by atoms with van der Waals surface area (Å²) < 4.78 is 32.3. The van der Waals surface area contributed by atoms with Crippen molar-refractivity contribution in [3.63, 3.8) is 0 Å². The highest BCUT2D eigenvalue weighted by atomic mass is 32.2. The molecule has 1 saturated carbocycles. The first-order chi connectivity index (χ1) is 13.2. The Balaban J connectivity index is 1.40. The standard InChI is InChI=1S/C18H26N4O5S/c1-13-16(14(2)27-19-13)28(25,26)21-9-7-20(8-10-21)12-22-15(23)11-18(17(22)24)5-3-4-6-18/h3-12H2,1-2H3/p+1. The molecule has 1 aromatic heterocycles. The monoisotopic (exact) mass is 411 g/mol. The van der Waals surface area contributed by atoms with Gasteiger partial charge in [-0.2, -0.15) is 4.31 Å². The molecule has 3 aliphatic rings. The number of carbonyl (C=O) groups is 2. The van der Waals surface area contributed by atoms with Gasteiger partial charge in [0.15, 0.2) is 12.4 Å².